The molecular weight excluding hydrogens is 598 g/mol. The zero-order valence-corrected chi connectivity index (χ0v) is 27.3. The number of carboxylic acid groups (broad SMARTS) is 2. The maximum atomic E-state index is 11.5. The summed E-state index contributed by atoms with van der Waals surface area (Å²) in [5, 5.41) is 18.9. The van der Waals surface area contributed by atoms with Crippen molar-refractivity contribution < 1.29 is 19.8 Å². The van der Waals surface area contributed by atoms with E-state index in [1.807, 2.05) is 58.0 Å². The number of nitrogens with zero attached hydrogens (tertiary/aromatic N) is 2. The van der Waals surface area contributed by atoms with Crippen molar-refractivity contribution in [3.63, 3.8) is 0 Å². The first-order valence-electron chi connectivity index (χ1n) is 13.9. The van der Waals surface area contributed by atoms with E-state index < -0.39 is 11.9 Å². The number of carbonyl (C=O) groups is 2. The van der Waals surface area contributed by atoms with Crippen LogP contribution in [0.5, 0.6) is 0 Å². The van der Waals surface area contributed by atoms with Crippen LogP contribution in [-0.4, -0.2) is 61.9 Å². The topological polar surface area (TPSA) is 132 Å². The summed E-state index contributed by atoms with van der Waals surface area (Å²) >= 11 is 0. The molecule has 9 heteroatoms. The number of H-pyrrole nitrogens is 2. The predicted octanol–water partition coefficient (Wildman–Crippen LogP) is 7.43. The van der Waals surface area contributed by atoms with Crippen LogP contribution in [0.4, 0.5) is 0 Å². The molecule has 2 aliphatic rings. The maximum Gasteiger partial charge on any atom is 0.303 e. The van der Waals surface area contributed by atoms with Gasteiger partial charge in [-0.1, -0.05) is 25.3 Å². The second-order valence-corrected chi connectivity index (χ2v) is 10.7. The molecule has 0 atom stereocenters. The molecule has 8 bridgehead atoms. The average Bonchev–Trinajstić information content (AvgIpc) is 3.59. The summed E-state index contributed by atoms with van der Waals surface area (Å²) in [5.74, 6) is -1.78. The van der Waals surface area contributed by atoms with Gasteiger partial charge in [-0.15, -0.1) is 0 Å². The number of rotatable bonds is 8. The molecule has 2 aliphatic heterocycles. The Morgan fingerprint density at radius 1 is 0.674 bits per heavy atom. The third-order valence-corrected chi connectivity index (χ3v) is 8.22. The standard InChI is InChI=1S/C34H34N4O4.Ga/c1-7-21-17(3)25-13-26-19(5)23(9-11-33(39)40)31(37-26)16-32-24(10-12-34(41)42)20(6)28(38-32)15-30-22(8-2)18(4)27(36-30)14-29(21)35-25;/h7-8,13-16,35-36H,1-2,9-12H2,3-6H3,(H,39,40)(H,41,42);. The summed E-state index contributed by atoms with van der Waals surface area (Å²) in [6.07, 6.45) is 4.20. The van der Waals surface area contributed by atoms with E-state index in [4.69, 9.17) is 9.97 Å². The van der Waals surface area contributed by atoms with Crippen LogP contribution >= 0.6 is 0 Å². The quantitative estimate of drug-likeness (QED) is 0.191. The number of allylic oxidation sites excluding steroid dienone is 4. The minimum atomic E-state index is -0.889. The van der Waals surface area contributed by atoms with E-state index in [0.29, 0.717) is 24.2 Å². The van der Waals surface area contributed by atoms with Gasteiger partial charge < -0.3 is 20.2 Å². The van der Waals surface area contributed by atoms with Gasteiger partial charge >= 0.3 is 11.9 Å². The van der Waals surface area contributed by atoms with Crippen LogP contribution in [-0.2, 0) is 9.59 Å². The van der Waals surface area contributed by atoms with Gasteiger partial charge in [-0.3, -0.25) is 9.59 Å². The molecule has 4 N–H and O–H groups in total. The van der Waals surface area contributed by atoms with Gasteiger partial charge in [0.1, 0.15) is 0 Å². The number of fused-ring (bicyclic) bond motifs is 8. The fourth-order valence-electron chi connectivity index (χ4n) is 5.77. The van der Waals surface area contributed by atoms with Crippen molar-refractivity contribution >= 4 is 88.2 Å². The zero-order chi connectivity index (χ0) is 30.3. The monoisotopic (exact) mass is 631 g/mol. The van der Waals surface area contributed by atoms with Crippen molar-refractivity contribution in [2.75, 3.05) is 0 Å². The van der Waals surface area contributed by atoms with Crippen LogP contribution < -0.4 is 0 Å². The molecule has 0 amide bonds. The molecule has 8 nitrogen and oxygen atoms in total. The molecule has 0 saturated carbocycles. The molecule has 0 aliphatic carbocycles. The average molecular weight is 632 g/mol. The minimum absolute atomic E-state index is 0. The predicted molar refractivity (Wildman–Crippen MR) is 175 cm³/mol. The molecule has 3 radical (unpaired) electrons. The Labute approximate surface area is 263 Å². The van der Waals surface area contributed by atoms with E-state index in [1.165, 1.54) is 0 Å². The first-order valence-corrected chi connectivity index (χ1v) is 13.9. The van der Waals surface area contributed by atoms with Crippen LogP contribution in [0.2, 0.25) is 0 Å². The first kappa shape index (κ1) is 31.6. The molecule has 217 valence electrons. The van der Waals surface area contributed by atoms with Gasteiger partial charge in [0.25, 0.3) is 0 Å². The third-order valence-electron chi connectivity index (χ3n) is 8.22. The number of aromatic amines is 2. The summed E-state index contributed by atoms with van der Waals surface area (Å²) in [6.45, 7) is 16.1. The van der Waals surface area contributed by atoms with Gasteiger partial charge in [0.2, 0.25) is 0 Å². The molecule has 0 fully saturated rings. The first-order chi connectivity index (χ1) is 20.0. The zero-order valence-electron chi connectivity index (χ0n) is 24.9. The molecule has 0 spiro atoms. The number of hydrogen-bond acceptors (Lipinski definition) is 4. The van der Waals surface area contributed by atoms with E-state index >= 15 is 0 Å². The smallest absolute Gasteiger partial charge is 0.303 e. The summed E-state index contributed by atoms with van der Waals surface area (Å²) < 4.78 is 0. The number of aryl methyl sites for hydroxylation is 2. The van der Waals surface area contributed by atoms with Gasteiger partial charge in [0, 0.05) is 65.8 Å². The van der Waals surface area contributed by atoms with E-state index in [9.17, 15) is 19.8 Å². The Morgan fingerprint density at radius 2 is 1.07 bits per heavy atom. The Kier molecular flexibility index (Phi) is 9.17. The molecule has 5 rings (SSSR count). The summed E-state index contributed by atoms with van der Waals surface area (Å²) in [5.41, 5.74) is 13.7. The molecule has 0 aromatic carbocycles. The van der Waals surface area contributed by atoms with E-state index in [-0.39, 0.29) is 32.6 Å². The Hall–Kier alpha value is -4.34. The number of hydrogen-bond donors (Lipinski definition) is 4. The van der Waals surface area contributed by atoms with Crippen molar-refractivity contribution in [2.45, 2.75) is 53.4 Å². The van der Waals surface area contributed by atoms with Gasteiger partial charge in [-0.25, -0.2) is 9.97 Å². The summed E-state index contributed by atoms with van der Waals surface area (Å²) in [6, 6.07) is 7.88. The minimum Gasteiger partial charge on any atom is -0.481 e. The number of aliphatic carboxylic acids is 2. The molecule has 3 aromatic heterocycles. The molecule has 5 heterocycles. The molecular formula is C34H34GaN4O4. The number of carboxylic acids is 2. The number of nitrogens with one attached hydrogen (secondary N) is 2. The second-order valence-electron chi connectivity index (χ2n) is 10.7. The van der Waals surface area contributed by atoms with Gasteiger partial charge in [-0.2, -0.15) is 0 Å². The van der Waals surface area contributed by atoms with Crippen molar-refractivity contribution in [3.05, 3.63) is 82.5 Å². The van der Waals surface area contributed by atoms with Crippen LogP contribution in [0.1, 0.15) is 84.6 Å². The van der Waals surface area contributed by atoms with E-state index in [2.05, 4.69) is 29.2 Å². The fraction of sp³-hybridized carbons (Fsp3) is 0.235. The Bertz CT molecular complexity index is 1920. The fourth-order valence-corrected chi connectivity index (χ4v) is 5.77. The van der Waals surface area contributed by atoms with Gasteiger partial charge in [0.15, 0.2) is 0 Å². The van der Waals surface area contributed by atoms with E-state index in [1.54, 1.807) is 0 Å². The number of aromatic nitrogens is 4. The normalized spacial score (nSPS) is 12.7. The molecule has 3 aromatic rings. The van der Waals surface area contributed by atoms with E-state index in [0.717, 1.165) is 78.0 Å². The van der Waals surface area contributed by atoms with Crippen LogP contribution in [0.3, 0.4) is 0 Å². The Balaban J connectivity index is 0.00000423. The molecule has 43 heavy (non-hydrogen) atoms. The Morgan fingerprint density at radius 3 is 1.49 bits per heavy atom. The van der Waals surface area contributed by atoms with Crippen molar-refractivity contribution in [1.82, 2.24) is 19.9 Å². The molecule has 0 unspecified atom stereocenters. The van der Waals surface area contributed by atoms with Crippen molar-refractivity contribution in [1.29, 1.82) is 0 Å². The SMILES string of the molecule is C=Cc1c(C)c2cc3[nH]c(cc4nc(cc5nc(cc1[nH]2)C(C)=C5CCC(=O)O)C(CCC(=O)O)=C4C)c(C)c3C=C.[Ga]. The molecule has 0 saturated heterocycles. The van der Waals surface area contributed by atoms with Crippen molar-refractivity contribution in [3.8, 4) is 0 Å². The van der Waals surface area contributed by atoms with Gasteiger partial charge in [0.05, 0.1) is 22.8 Å². The van der Waals surface area contributed by atoms with Crippen LogP contribution in [0.15, 0.2) is 37.4 Å². The second kappa shape index (κ2) is 12.5. The van der Waals surface area contributed by atoms with Crippen LogP contribution in [0, 0.1) is 13.8 Å². The largest absolute Gasteiger partial charge is 0.481 e. The van der Waals surface area contributed by atoms with Crippen molar-refractivity contribution in [2.24, 2.45) is 0 Å². The van der Waals surface area contributed by atoms with Crippen LogP contribution in [0.25, 0.3) is 56.5 Å². The summed E-state index contributed by atoms with van der Waals surface area (Å²) in [4.78, 5) is 40.0. The summed E-state index contributed by atoms with van der Waals surface area (Å²) in [7, 11) is 0. The maximum absolute atomic E-state index is 11.5. The van der Waals surface area contributed by atoms with Gasteiger partial charge in [-0.05, 0) is 98.2 Å². The third kappa shape index (κ3) is 5.96.